The molecular formula is C14H20N2O2S. The van der Waals surface area contributed by atoms with Crippen molar-refractivity contribution >= 4 is 15.7 Å². The van der Waals surface area contributed by atoms with E-state index in [0.717, 1.165) is 24.0 Å². The first-order valence-electron chi connectivity index (χ1n) is 6.52. The number of para-hydroxylation sites is 1. The van der Waals surface area contributed by atoms with Gasteiger partial charge < -0.3 is 0 Å². The van der Waals surface area contributed by atoms with Crippen molar-refractivity contribution in [3.8, 4) is 6.07 Å². The molecule has 0 fully saturated rings. The van der Waals surface area contributed by atoms with Crippen molar-refractivity contribution < 1.29 is 8.42 Å². The standard InChI is InChI=1S/C14H20N2O2S/c1-4-11-8-7-9-12(5-2)14(11)16-19(17,18)13(6-3)10-15/h7-9,13,16H,4-6H2,1-3H3. The molecule has 1 unspecified atom stereocenters. The summed E-state index contributed by atoms with van der Waals surface area (Å²) in [6.07, 6.45) is 1.77. The van der Waals surface area contributed by atoms with Gasteiger partial charge in [-0.1, -0.05) is 39.0 Å². The molecule has 0 heterocycles. The molecule has 104 valence electrons. The van der Waals surface area contributed by atoms with Crippen molar-refractivity contribution in [2.45, 2.75) is 45.3 Å². The summed E-state index contributed by atoms with van der Waals surface area (Å²) in [5, 5.41) is 7.91. The molecule has 1 N–H and O–H groups in total. The SMILES string of the molecule is CCc1cccc(CC)c1NS(=O)(=O)C(C#N)CC. The molecule has 0 radical (unpaired) electrons. The van der Waals surface area contributed by atoms with E-state index in [2.05, 4.69) is 4.72 Å². The summed E-state index contributed by atoms with van der Waals surface area (Å²) in [4.78, 5) is 0. The van der Waals surface area contributed by atoms with Gasteiger partial charge in [-0.2, -0.15) is 5.26 Å². The Bertz CT molecular complexity index is 551. The Morgan fingerprint density at radius 3 is 2.11 bits per heavy atom. The number of nitriles is 1. The second-order valence-corrected chi connectivity index (χ2v) is 6.19. The van der Waals surface area contributed by atoms with E-state index in [-0.39, 0.29) is 6.42 Å². The van der Waals surface area contributed by atoms with Gasteiger partial charge >= 0.3 is 0 Å². The summed E-state index contributed by atoms with van der Waals surface area (Å²) in [6, 6.07) is 7.58. The van der Waals surface area contributed by atoms with Crippen LogP contribution < -0.4 is 4.72 Å². The lowest BCUT2D eigenvalue weighted by Crippen LogP contribution is -2.27. The summed E-state index contributed by atoms with van der Waals surface area (Å²) in [5.41, 5.74) is 2.55. The normalized spacial score (nSPS) is 12.7. The molecule has 0 aliphatic heterocycles. The minimum Gasteiger partial charge on any atom is -0.282 e. The van der Waals surface area contributed by atoms with Crippen LogP contribution in [0.25, 0.3) is 0 Å². The zero-order chi connectivity index (χ0) is 14.5. The Balaban J connectivity index is 3.22. The van der Waals surface area contributed by atoms with Crippen molar-refractivity contribution in [3.63, 3.8) is 0 Å². The van der Waals surface area contributed by atoms with Crippen LogP contribution in [0, 0.1) is 11.3 Å². The maximum Gasteiger partial charge on any atom is 0.249 e. The number of rotatable bonds is 6. The molecule has 0 bridgehead atoms. The Morgan fingerprint density at radius 1 is 1.21 bits per heavy atom. The summed E-state index contributed by atoms with van der Waals surface area (Å²) >= 11 is 0. The van der Waals surface area contributed by atoms with Gasteiger partial charge in [0.2, 0.25) is 10.0 Å². The Morgan fingerprint density at radius 2 is 1.74 bits per heavy atom. The van der Waals surface area contributed by atoms with E-state index in [0.29, 0.717) is 5.69 Å². The van der Waals surface area contributed by atoms with Gasteiger partial charge in [0.05, 0.1) is 11.8 Å². The first-order chi connectivity index (χ1) is 9.00. The number of nitrogens with zero attached hydrogens (tertiary/aromatic N) is 1. The molecule has 1 atom stereocenters. The summed E-state index contributed by atoms with van der Waals surface area (Å²) in [6.45, 7) is 5.65. The van der Waals surface area contributed by atoms with E-state index in [4.69, 9.17) is 5.26 Å². The molecule has 19 heavy (non-hydrogen) atoms. The van der Waals surface area contributed by atoms with Gasteiger partial charge in [-0.15, -0.1) is 0 Å². The third-order valence-corrected chi connectivity index (χ3v) is 4.81. The quantitative estimate of drug-likeness (QED) is 0.871. The number of nitrogens with one attached hydrogen (secondary N) is 1. The summed E-state index contributed by atoms with van der Waals surface area (Å²) in [5.74, 6) is 0. The molecular weight excluding hydrogens is 260 g/mol. The first kappa shape index (κ1) is 15.5. The number of hydrogen-bond donors (Lipinski definition) is 1. The van der Waals surface area contributed by atoms with E-state index in [1.807, 2.05) is 38.1 Å². The fourth-order valence-electron chi connectivity index (χ4n) is 1.97. The molecule has 0 aliphatic rings. The number of hydrogen-bond acceptors (Lipinski definition) is 3. The van der Waals surface area contributed by atoms with Crippen LogP contribution in [0.1, 0.15) is 38.3 Å². The van der Waals surface area contributed by atoms with E-state index < -0.39 is 15.3 Å². The second kappa shape index (κ2) is 6.58. The second-order valence-electron chi connectivity index (χ2n) is 4.33. The molecule has 0 aromatic heterocycles. The lowest BCUT2D eigenvalue weighted by atomic mass is 10.0. The first-order valence-corrected chi connectivity index (χ1v) is 8.06. The number of benzene rings is 1. The molecule has 1 aromatic carbocycles. The highest BCUT2D eigenvalue weighted by Crippen LogP contribution is 2.25. The Labute approximate surface area is 115 Å². The largest absolute Gasteiger partial charge is 0.282 e. The average Bonchev–Trinajstić information content (AvgIpc) is 2.39. The van der Waals surface area contributed by atoms with E-state index in [9.17, 15) is 8.42 Å². The van der Waals surface area contributed by atoms with Crippen LogP contribution >= 0.6 is 0 Å². The van der Waals surface area contributed by atoms with Crippen LogP contribution in [0.5, 0.6) is 0 Å². The molecule has 4 nitrogen and oxygen atoms in total. The average molecular weight is 280 g/mol. The van der Waals surface area contributed by atoms with Gasteiger partial charge in [0.1, 0.15) is 0 Å². The minimum absolute atomic E-state index is 0.279. The molecule has 0 saturated carbocycles. The van der Waals surface area contributed by atoms with E-state index in [1.54, 1.807) is 6.92 Å². The van der Waals surface area contributed by atoms with Crippen LogP contribution in [0.2, 0.25) is 0 Å². The van der Waals surface area contributed by atoms with Crippen molar-refractivity contribution in [2.75, 3.05) is 4.72 Å². The molecule has 0 amide bonds. The monoisotopic (exact) mass is 280 g/mol. The number of aryl methyl sites for hydroxylation is 2. The van der Waals surface area contributed by atoms with E-state index >= 15 is 0 Å². The predicted molar refractivity (Wildman–Crippen MR) is 77.4 cm³/mol. The van der Waals surface area contributed by atoms with Crippen molar-refractivity contribution in [1.82, 2.24) is 0 Å². The Kier molecular flexibility index (Phi) is 5.37. The third kappa shape index (κ3) is 3.48. The third-order valence-electron chi connectivity index (χ3n) is 3.13. The van der Waals surface area contributed by atoms with Gasteiger partial charge in [-0.05, 0) is 30.4 Å². The number of sulfonamides is 1. The number of anilines is 1. The molecule has 1 rings (SSSR count). The van der Waals surface area contributed by atoms with Gasteiger partial charge in [-0.25, -0.2) is 8.42 Å². The molecule has 0 spiro atoms. The minimum atomic E-state index is -3.65. The maximum atomic E-state index is 12.2. The van der Waals surface area contributed by atoms with Crippen molar-refractivity contribution in [3.05, 3.63) is 29.3 Å². The zero-order valence-electron chi connectivity index (χ0n) is 11.6. The van der Waals surface area contributed by atoms with Gasteiger partial charge in [0, 0.05) is 0 Å². The highest BCUT2D eigenvalue weighted by atomic mass is 32.2. The van der Waals surface area contributed by atoms with Crippen LogP contribution in [-0.2, 0) is 22.9 Å². The van der Waals surface area contributed by atoms with Crippen LogP contribution in [-0.4, -0.2) is 13.7 Å². The zero-order valence-corrected chi connectivity index (χ0v) is 12.4. The molecule has 0 aliphatic carbocycles. The van der Waals surface area contributed by atoms with Gasteiger partial charge in [0.25, 0.3) is 0 Å². The predicted octanol–water partition coefficient (Wildman–Crippen LogP) is 2.86. The Hall–Kier alpha value is -1.54. The van der Waals surface area contributed by atoms with Crippen molar-refractivity contribution in [1.29, 1.82) is 5.26 Å². The summed E-state index contributed by atoms with van der Waals surface area (Å²) < 4.78 is 26.9. The van der Waals surface area contributed by atoms with Crippen LogP contribution in [0.3, 0.4) is 0 Å². The fourth-order valence-corrected chi connectivity index (χ4v) is 3.23. The van der Waals surface area contributed by atoms with E-state index in [1.165, 1.54) is 0 Å². The molecule has 0 saturated heterocycles. The molecule has 1 aromatic rings. The smallest absolute Gasteiger partial charge is 0.249 e. The fraction of sp³-hybridized carbons (Fsp3) is 0.500. The lowest BCUT2D eigenvalue weighted by molar-refractivity contribution is 0.592. The van der Waals surface area contributed by atoms with Gasteiger partial charge in [0.15, 0.2) is 5.25 Å². The van der Waals surface area contributed by atoms with Crippen LogP contribution in [0.15, 0.2) is 18.2 Å². The molecule has 5 heteroatoms. The highest BCUT2D eigenvalue weighted by molar-refractivity contribution is 7.93. The van der Waals surface area contributed by atoms with Crippen LogP contribution in [0.4, 0.5) is 5.69 Å². The van der Waals surface area contributed by atoms with Crippen molar-refractivity contribution in [2.24, 2.45) is 0 Å². The lowest BCUT2D eigenvalue weighted by Gasteiger charge is -2.17. The maximum absolute atomic E-state index is 12.2. The summed E-state index contributed by atoms with van der Waals surface area (Å²) in [7, 11) is -3.65. The highest BCUT2D eigenvalue weighted by Gasteiger charge is 2.24. The topological polar surface area (TPSA) is 70.0 Å². The van der Waals surface area contributed by atoms with Gasteiger partial charge in [-0.3, -0.25) is 4.72 Å².